The minimum absolute atomic E-state index is 0.127. The lowest BCUT2D eigenvalue weighted by molar-refractivity contribution is -0.118. The number of carbonyl (C=O) groups excluding carboxylic acids is 1. The van der Waals surface area contributed by atoms with Crippen molar-refractivity contribution in [2.45, 2.75) is 44.4 Å². The standard InChI is InChI=1S/C21H30N2O2S3/c24-21(17-26-16-19-7-6-12-27-19)22-8-2-5-11-25-18-13-20(28-15-18)14-23-9-3-1-4-10-23/h6-7,12-13,15H,1-5,8-11,14,16-17H2,(H,22,24). The Balaban J connectivity index is 1.19. The molecule has 2 aromatic heterocycles. The molecule has 3 heterocycles. The van der Waals surface area contributed by atoms with Crippen LogP contribution in [0.2, 0.25) is 0 Å². The van der Waals surface area contributed by atoms with Gasteiger partial charge in [-0.25, -0.2) is 0 Å². The molecule has 0 bridgehead atoms. The zero-order valence-electron chi connectivity index (χ0n) is 16.4. The highest BCUT2D eigenvalue weighted by atomic mass is 32.2. The van der Waals surface area contributed by atoms with Crippen molar-refractivity contribution in [3.63, 3.8) is 0 Å². The number of rotatable bonds is 12. The monoisotopic (exact) mass is 438 g/mol. The average molecular weight is 439 g/mol. The van der Waals surface area contributed by atoms with Crippen LogP contribution in [0.4, 0.5) is 0 Å². The van der Waals surface area contributed by atoms with E-state index in [1.165, 1.54) is 42.1 Å². The second kappa shape index (κ2) is 12.5. The molecule has 3 rings (SSSR count). The van der Waals surface area contributed by atoms with Crippen LogP contribution in [0.5, 0.6) is 5.75 Å². The SMILES string of the molecule is O=C(CSCc1cccs1)NCCCCOc1csc(CN2CCCCC2)c1. The van der Waals surface area contributed by atoms with Gasteiger partial charge in [-0.3, -0.25) is 9.69 Å². The largest absolute Gasteiger partial charge is 0.493 e. The third kappa shape index (κ3) is 8.15. The van der Waals surface area contributed by atoms with Crippen LogP contribution in [0.1, 0.15) is 41.9 Å². The van der Waals surface area contributed by atoms with Gasteiger partial charge in [0.05, 0.1) is 12.4 Å². The van der Waals surface area contributed by atoms with Crippen molar-refractivity contribution in [1.29, 1.82) is 0 Å². The zero-order chi connectivity index (χ0) is 19.4. The summed E-state index contributed by atoms with van der Waals surface area (Å²) in [7, 11) is 0. The number of piperidine rings is 1. The third-order valence-electron chi connectivity index (χ3n) is 4.68. The molecule has 1 N–H and O–H groups in total. The summed E-state index contributed by atoms with van der Waals surface area (Å²) < 4.78 is 5.87. The van der Waals surface area contributed by atoms with E-state index < -0.39 is 0 Å². The molecule has 1 aliphatic heterocycles. The number of nitrogens with zero attached hydrogens (tertiary/aromatic N) is 1. The number of carbonyl (C=O) groups is 1. The van der Waals surface area contributed by atoms with Gasteiger partial charge in [0.25, 0.3) is 0 Å². The van der Waals surface area contributed by atoms with Crippen molar-refractivity contribution in [2.75, 3.05) is 32.0 Å². The number of likely N-dealkylation sites (tertiary alicyclic amines) is 1. The highest BCUT2D eigenvalue weighted by Crippen LogP contribution is 2.24. The Bertz CT molecular complexity index is 682. The van der Waals surface area contributed by atoms with Crippen LogP contribution in [0, 0.1) is 0 Å². The molecular weight excluding hydrogens is 408 g/mol. The lowest BCUT2D eigenvalue weighted by Gasteiger charge is -2.25. The molecule has 28 heavy (non-hydrogen) atoms. The van der Waals surface area contributed by atoms with Crippen molar-refractivity contribution in [3.8, 4) is 5.75 Å². The Labute approximate surface area is 180 Å². The fourth-order valence-electron chi connectivity index (χ4n) is 3.19. The van der Waals surface area contributed by atoms with Gasteiger partial charge in [0.2, 0.25) is 5.91 Å². The minimum atomic E-state index is 0.127. The van der Waals surface area contributed by atoms with Crippen LogP contribution < -0.4 is 10.1 Å². The number of thiophene rings is 2. The summed E-state index contributed by atoms with van der Waals surface area (Å²) in [6.07, 6.45) is 5.95. The number of hydrogen-bond acceptors (Lipinski definition) is 6. The van der Waals surface area contributed by atoms with Gasteiger partial charge < -0.3 is 10.1 Å². The number of ether oxygens (including phenoxy) is 1. The molecular formula is C21H30N2O2S3. The van der Waals surface area contributed by atoms with Gasteiger partial charge in [-0.15, -0.1) is 34.4 Å². The maximum atomic E-state index is 11.8. The van der Waals surface area contributed by atoms with Crippen LogP contribution in [0.25, 0.3) is 0 Å². The van der Waals surface area contributed by atoms with E-state index in [-0.39, 0.29) is 5.91 Å². The molecule has 0 spiro atoms. The van der Waals surface area contributed by atoms with Crippen molar-refractivity contribution in [3.05, 3.63) is 38.7 Å². The first-order valence-corrected chi connectivity index (χ1v) is 13.0. The summed E-state index contributed by atoms with van der Waals surface area (Å²) in [6, 6.07) is 6.35. The first kappa shape index (κ1) is 21.7. The topological polar surface area (TPSA) is 41.6 Å². The highest BCUT2D eigenvalue weighted by Gasteiger charge is 2.11. The molecule has 1 fully saturated rings. The van der Waals surface area contributed by atoms with E-state index in [0.29, 0.717) is 12.4 Å². The molecule has 7 heteroatoms. The van der Waals surface area contributed by atoms with Crippen molar-refractivity contribution in [1.82, 2.24) is 10.2 Å². The fraction of sp³-hybridized carbons (Fsp3) is 0.571. The van der Waals surface area contributed by atoms with Crippen LogP contribution in [-0.2, 0) is 17.1 Å². The van der Waals surface area contributed by atoms with Gasteiger partial charge in [-0.2, -0.15) is 0 Å². The Morgan fingerprint density at radius 1 is 1.18 bits per heavy atom. The Kier molecular flexibility index (Phi) is 9.70. The van der Waals surface area contributed by atoms with Gasteiger partial charge in [-0.05, 0) is 56.3 Å². The normalized spacial score (nSPS) is 14.9. The van der Waals surface area contributed by atoms with E-state index in [0.717, 1.165) is 37.4 Å². The van der Waals surface area contributed by atoms with Gasteiger partial charge in [0.1, 0.15) is 5.75 Å². The first-order valence-electron chi connectivity index (χ1n) is 10.1. The van der Waals surface area contributed by atoms with E-state index in [1.807, 2.05) is 6.07 Å². The molecule has 0 radical (unpaired) electrons. The number of hydrogen-bond donors (Lipinski definition) is 1. The van der Waals surface area contributed by atoms with Crippen molar-refractivity contribution in [2.24, 2.45) is 0 Å². The van der Waals surface area contributed by atoms with Crippen LogP contribution in [0.15, 0.2) is 29.0 Å². The average Bonchev–Trinajstić information content (AvgIpc) is 3.38. The summed E-state index contributed by atoms with van der Waals surface area (Å²) in [4.78, 5) is 17.1. The summed E-state index contributed by atoms with van der Waals surface area (Å²) in [5.74, 6) is 2.57. The second-order valence-corrected chi connectivity index (χ2v) is 10.1. The smallest absolute Gasteiger partial charge is 0.230 e. The van der Waals surface area contributed by atoms with E-state index in [2.05, 4.69) is 33.1 Å². The highest BCUT2D eigenvalue weighted by molar-refractivity contribution is 7.99. The fourth-order valence-corrected chi connectivity index (χ4v) is 5.73. The number of nitrogens with one attached hydrogen (secondary N) is 1. The zero-order valence-corrected chi connectivity index (χ0v) is 18.8. The van der Waals surface area contributed by atoms with Crippen molar-refractivity contribution >= 4 is 40.3 Å². The molecule has 0 unspecified atom stereocenters. The van der Waals surface area contributed by atoms with E-state index >= 15 is 0 Å². The van der Waals surface area contributed by atoms with E-state index in [4.69, 9.17) is 4.74 Å². The summed E-state index contributed by atoms with van der Waals surface area (Å²) in [5, 5.41) is 7.19. The lowest BCUT2D eigenvalue weighted by atomic mass is 10.1. The molecule has 154 valence electrons. The lowest BCUT2D eigenvalue weighted by Crippen LogP contribution is -2.28. The summed E-state index contributed by atoms with van der Waals surface area (Å²) in [5.41, 5.74) is 0. The molecule has 1 amide bonds. The van der Waals surface area contributed by atoms with Gasteiger partial charge >= 0.3 is 0 Å². The maximum Gasteiger partial charge on any atom is 0.230 e. The Morgan fingerprint density at radius 2 is 2.07 bits per heavy atom. The van der Waals surface area contributed by atoms with Gasteiger partial charge in [0.15, 0.2) is 0 Å². The third-order valence-corrected chi connectivity index (χ3v) is 7.62. The van der Waals surface area contributed by atoms with Gasteiger partial charge in [0, 0.05) is 34.0 Å². The van der Waals surface area contributed by atoms with Crippen LogP contribution in [-0.4, -0.2) is 42.8 Å². The van der Waals surface area contributed by atoms with Crippen LogP contribution >= 0.6 is 34.4 Å². The molecule has 4 nitrogen and oxygen atoms in total. The molecule has 0 aromatic carbocycles. The van der Waals surface area contributed by atoms with Crippen molar-refractivity contribution < 1.29 is 9.53 Å². The minimum Gasteiger partial charge on any atom is -0.493 e. The van der Waals surface area contributed by atoms with E-state index in [1.54, 1.807) is 34.4 Å². The Hall–Kier alpha value is -1.02. The second-order valence-electron chi connectivity index (χ2n) is 7.06. The number of unbranched alkanes of at least 4 members (excludes halogenated alkanes) is 1. The summed E-state index contributed by atoms with van der Waals surface area (Å²) in [6.45, 7) is 4.96. The van der Waals surface area contributed by atoms with E-state index in [9.17, 15) is 4.79 Å². The molecule has 0 aliphatic carbocycles. The maximum absolute atomic E-state index is 11.8. The predicted molar refractivity (Wildman–Crippen MR) is 122 cm³/mol. The number of thioether (sulfide) groups is 1. The molecule has 2 aromatic rings. The Morgan fingerprint density at radius 3 is 2.89 bits per heavy atom. The quantitative estimate of drug-likeness (QED) is 0.473. The predicted octanol–water partition coefficient (Wildman–Crippen LogP) is 5.00. The molecule has 0 saturated carbocycles. The number of amides is 1. The first-order chi connectivity index (χ1) is 13.8. The molecule has 0 atom stereocenters. The summed E-state index contributed by atoms with van der Waals surface area (Å²) >= 11 is 5.21. The van der Waals surface area contributed by atoms with Crippen LogP contribution in [0.3, 0.4) is 0 Å². The van der Waals surface area contributed by atoms with Gasteiger partial charge in [-0.1, -0.05) is 12.5 Å². The molecule has 1 aliphatic rings. The molecule has 1 saturated heterocycles.